The Labute approximate surface area is 162 Å². The predicted molar refractivity (Wildman–Crippen MR) is 101 cm³/mol. The van der Waals surface area contributed by atoms with Gasteiger partial charge >= 0.3 is 0 Å². The Balaban J connectivity index is 1.71. The van der Waals surface area contributed by atoms with Crippen molar-refractivity contribution in [2.75, 3.05) is 26.2 Å². The van der Waals surface area contributed by atoms with Gasteiger partial charge in [0.25, 0.3) is 11.8 Å². The summed E-state index contributed by atoms with van der Waals surface area (Å²) in [5.74, 6) is 0.136. The second-order valence-corrected chi connectivity index (χ2v) is 6.62. The summed E-state index contributed by atoms with van der Waals surface area (Å²) < 4.78 is 5.77. The molecule has 1 N–H and O–H groups in total. The SMILES string of the molecule is O=C1NCCCCN(C(=O)c2cnccn2)CCCOc2ccc(Cl)cc21. The molecule has 1 aromatic heterocycles. The number of nitrogens with one attached hydrogen (secondary N) is 1. The summed E-state index contributed by atoms with van der Waals surface area (Å²) in [7, 11) is 0. The third-order valence-corrected chi connectivity index (χ3v) is 4.46. The fraction of sp³-hybridized carbons (Fsp3) is 0.368. The van der Waals surface area contributed by atoms with E-state index < -0.39 is 0 Å². The molecule has 0 radical (unpaired) electrons. The van der Waals surface area contributed by atoms with E-state index >= 15 is 0 Å². The minimum absolute atomic E-state index is 0.144. The van der Waals surface area contributed by atoms with Crippen LogP contribution >= 0.6 is 11.6 Å². The van der Waals surface area contributed by atoms with Crippen LogP contribution in [0, 0.1) is 0 Å². The normalized spacial score (nSPS) is 16.0. The molecule has 1 aliphatic rings. The number of aromatic nitrogens is 2. The number of hydrogen-bond acceptors (Lipinski definition) is 5. The summed E-state index contributed by atoms with van der Waals surface area (Å²) in [6.07, 6.45) is 6.68. The molecule has 8 heteroatoms. The van der Waals surface area contributed by atoms with Crippen molar-refractivity contribution >= 4 is 23.4 Å². The summed E-state index contributed by atoms with van der Waals surface area (Å²) >= 11 is 6.01. The van der Waals surface area contributed by atoms with Gasteiger partial charge in [-0.2, -0.15) is 0 Å². The van der Waals surface area contributed by atoms with Crippen molar-refractivity contribution in [1.29, 1.82) is 0 Å². The van der Waals surface area contributed by atoms with Gasteiger partial charge in [0.15, 0.2) is 0 Å². The molecule has 2 heterocycles. The van der Waals surface area contributed by atoms with Gasteiger partial charge in [-0.3, -0.25) is 14.6 Å². The van der Waals surface area contributed by atoms with Crippen molar-refractivity contribution < 1.29 is 14.3 Å². The first-order valence-electron chi connectivity index (χ1n) is 8.91. The number of halogens is 1. The summed E-state index contributed by atoms with van der Waals surface area (Å²) in [4.78, 5) is 34.9. The summed E-state index contributed by atoms with van der Waals surface area (Å²) in [5.41, 5.74) is 0.755. The van der Waals surface area contributed by atoms with E-state index in [2.05, 4.69) is 15.3 Å². The Morgan fingerprint density at radius 3 is 2.85 bits per heavy atom. The molecule has 7 nitrogen and oxygen atoms in total. The van der Waals surface area contributed by atoms with E-state index in [1.54, 1.807) is 23.1 Å². The van der Waals surface area contributed by atoms with Gasteiger partial charge < -0.3 is 15.0 Å². The van der Waals surface area contributed by atoms with Gasteiger partial charge in [0.2, 0.25) is 0 Å². The van der Waals surface area contributed by atoms with Crippen molar-refractivity contribution in [3.8, 4) is 5.75 Å². The molecule has 0 saturated heterocycles. The Bertz CT molecular complexity index is 801. The molecular formula is C19H21ClN4O3. The highest BCUT2D eigenvalue weighted by molar-refractivity contribution is 6.31. The van der Waals surface area contributed by atoms with Gasteiger partial charge in [0.05, 0.1) is 18.4 Å². The molecule has 0 unspecified atom stereocenters. The molecule has 2 aromatic rings. The molecular weight excluding hydrogens is 368 g/mol. The highest BCUT2D eigenvalue weighted by atomic mass is 35.5. The van der Waals surface area contributed by atoms with Crippen molar-refractivity contribution in [3.05, 3.63) is 53.1 Å². The molecule has 3 rings (SSSR count). The summed E-state index contributed by atoms with van der Waals surface area (Å²) in [6, 6.07) is 4.99. The lowest BCUT2D eigenvalue weighted by Gasteiger charge is -2.22. The average Bonchev–Trinajstić information content (AvgIpc) is 2.71. The third kappa shape index (κ3) is 5.17. The predicted octanol–water partition coefficient (Wildman–Crippen LogP) is 2.56. The van der Waals surface area contributed by atoms with Crippen LogP contribution in [0.4, 0.5) is 0 Å². The van der Waals surface area contributed by atoms with E-state index in [0.29, 0.717) is 54.7 Å². The van der Waals surface area contributed by atoms with Crippen LogP contribution in [-0.2, 0) is 0 Å². The van der Waals surface area contributed by atoms with E-state index in [1.165, 1.54) is 18.6 Å². The minimum atomic E-state index is -0.209. The maximum Gasteiger partial charge on any atom is 0.274 e. The third-order valence-electron chi connectivity index (χ3n) is 4.23. The number of benzene rings is 1. The first-order valence-corrected chi connectivity index (χ1v) is 9.29. The number of rotatable bonds is 1. The fourth-order valence-electron chi connectivity index (χ4n) is 2.85. The first-order chi connectivity index (χ1) is 13.1. The lowest BCUT2D eigenvalue weighted by atomic mass is 10.2. The fourth-order valence-corrected chi connectivity index (χ4v) is 3.03. The van der Waals surface area contributed by atoms with Gasteiger partial charge in [-0.25, -0.2) is 4.98 Å². The number of hydrogen-bond donors (Lipinski definition) is 1. The Morgan fingerprint density at radius 1 is 1.19 bits per heavy atom. The maximum atomic E-state index is 12.7. The zero-order valence-electron chi connectivity index (χ0n) is 14.9. The highest BCUT2D eigenvalue weighted by Gasteiger charge is 2.18. The average molecular weight is 389 g/mol. The Morgan fingerprint density at radius 2 is 2.04 bits per heavy atom. The van der Waals surface area contributed by atoms with Crippen LogP contribution < -0.4 is 10.1 Å². The van der Waals surface area contributed by atoms with Crippen molar-refractivity contribution in [2.24, 2.45) is 0 Å². The zero-order chi connectivity index (χ0) is 19.1. The Hall–Kier alpha value is -2.67. The number of carbonyl (C=O) groups excluding carboxylic acids is 2. The summed E-state index contributed by atoms with van der Waals surface area (Å²) in [5, 5.41) is 3.36. The molecule has 0 saturated carbocycles. The van der Waals surface area contributed by atoms with Crippen LogP contribution in [-0.4, -0.2) is 52.9 Å². The molecule has 0 atom stereocenters. The second kappa shape index (κ2) is 9.32. The quantitative estimate of drug-likeness (QED) is 0.811. The monoisotopic (exact) mass is 388 g/mol. The largest absolute Gasteiger partial charge is 0.493 e. The van der Waals surface area contributed by atoms with Crippen LogP contribution in [0.15, 0.2) is 36.8 Å². The van der Waals surface area contributed by atoms with Gasteiger partial charge in [0.1, 0.15) is 11.4 Å². The molecule has 27 heavy (non-hydrogen) atoms. The van der Waals surface area contributed by atoms with E-state index in [4.69, 9.17) is 16.3 Å². The van der Waals surface area contributed by atoms with Gasteiger partial charge in [-0.1, -0.05) is 11.6 Å². The molecule has 2 amide bonds. The molecule has 1 aliphatic heterocycles. The van der Waals surface area contributed by atoms with E-state index in [1.807, 2.05) is 0 Å². The van der Waals surface area contributed by atoms with Crippen molar-refractivity contribution in [3.63, 3.8) is 0 Å². The van der Waals surface area contributed by atoms with Crippen LogP contribution in [0.1, 0.15) is 40.1 Å². The lowest BCUT2D eigenvalue weighted by Crippen LogP contribution is -2.34. The van der Waals surface area contributed by atoms with Gasteiger partial charge in [-0.05, 0) is 37.5 Å². The lowest BCUT2D eigenvalue weighted by molar-refractivity contribution is 0.0737. The molecule has 0 fully saturated rings. The highest BCUT2D eigenvalue weighted by Crippen LogP contribution is 2.23. The van der Waals surface area contributed by atoms with Gasteiger partial charge in [-0.15, -0.1) is 0 Å². The number of nitrogens with zero attached hydrogens (tertiary/aromatic N) is 3. The molecule has 142 valence electrons. The van der Waals surface area contributed by atoms with Crippen LogP contribution in [0.5, 0.6) is 5.75 Å². The maximum absolute atomic E-state index is 12.7. The van der Waals surface area contributed by atoms with Crippen molar-refractivity contribution in [1.82, 2.24) is 20.2 Å². The van der Waals surface area contributed by atoms with Crippen LogP contribution in [0.2, 0.25) is 5.02 Å². The molecule has 0 aliphatic carbocycles. The number of fused-ring (bicyclic) bond motifs is 1. The molecule has 0 bridgehead atoms. The zero-order valence-corrected chi connectivity index (χ0v) is 15.6. The van der Waals surface area contributed by atoms with E-state index in [-0.39, 0.29) is 11.8 Å². The van der Waals surface area contributed by atoms with Gasteiger partial charge in [0, 0.05) is 37.1 Å². The molecule has 1 aromatic carbocycles. The van der Waals surface area contributed by atoms with Crippen LogP contribution in [0.25, 0.3) is 0 Å². The van der Waals surface area contributed by atoms with E-state index in [9.17, 15) is 9.59 Å². The first kappa shape index (κ1) is 19.1. The standard InChI is InChI=1S/C19H21ClN4O3/c20-14-4-5-17-15(12-14)18(25)23-6-1-2-9-24(10-3-11-27-17)19(26)16-13-21-7-8-22-16/h4-5,7-8,12-13H,1-3,6,9-11H2,(H,23,25). The number of amides is 2. The number of carbonyl (C=O) groups is 2. The number of ether oxygens (including phenoxy) is 1. The van der Waals surface area contributed by atoms with Crippen LogP contribution in [0.3, 0.4) is 0 Å². The summed E-state index contributed by atoms with van der Waals surface area (Å²) in [6.45, 7) is 2.02. The smallest absolute Gasteiger partial charge is 0.274 e. The van der Waals surface area contributed by atoms with E-state index in [0.717, 1.165) is 12.8 Å². The molecule has 0 spiro atoms. The van der Waals surface area contributed by atoms with Crippen molar-refractivity contribution in [2.45, 2.75) is 19.3 Å². The minimum Gasteiger partial charge on any atom is -0.493 e. The Kier molecular flexibility index (Phi) is 6.59. The second-order valence-electron chi connectivity index (χ2n) is 6.19. The topological polar surface area (TPSA) is 84.4 Å².